The van der Waals surface area contributed by atoms with Crippen molar-refractivity contribution in [2.75, 3.05) is 18.5 Å². The van der Waals surface area contributed by atoms with E-state index in [0.29, 0.717) is 42.4 Å². The van der Waals surface area contributed by atoms with Crippen LogP contribution in [0.3, 0.4) is 0 Å². The standard InChI is InChI=1S/C28H26N6O5S/c1-2-7-30-27(36)21-4-3-17(24(34-21)28(37)38)18-11-22-20(25-15(5-8-39-22)6-9-40-25)10-19(18)26(35)33-16-13-31-23(12-29)32-14-16/h3-4,6,9-11,13-14H,2,5,7-8,12,29H2,1H3,(H,30,36)(H,33,35)(H,37,38). The van der Waals surface area contributed by atoms with Crippen LogP contribution in [-0.2, 0) is 13.0 Å². The molecule has 0 unspecified atom stereocenters. The molecule has 4 aromatic rings. The number of benzene rings is 1. The van der Waals surface area contributed by atoms with Crippen molar-refractivity contribution >= 4 is 34.8 Å². The SMILES string of the molecule is CCCNC(=O)c1ccc(-c2cc3c(cc2C(=O)Nc2cnc(CN)nc2)-c2sccc2CCO3)c(C(=O)O)n1. The van der Waals surface area contributed by atoms with Crippen molar-refractivity contribution < 1.29 is 24.2 Å². The molecule has 0 aliphatic carbocycles. The Kier molecular flexibility index (Phi) is 7.80. The zero-order valence-electron chi connectivity index (χ0n) is 21.6. The van der Waals surface area contributed by atoms with Crippen molar-refractivity contribution in [3.8, 4) is 27.3 Å². The summed E-state index contributed by atoms with van der Waals surface area (Å²) in [6.45, 7) is 2.92. The second-order valence-corrected chi connectivity index (χ2v) is 9.88. The van der Waals surface area contributed by atoms with E-state index >= 15 is 0 Å². The number of nitrogens with zero attached hydrogens (tertiary/aromatic N) is 3. The fourth-order valence-electron chi connectivity index (χ4n) is 4.35. The van der Waals surface area contributed by atoms with E-state index in [0.717, 1.165) is 22.4 Å². The van der Waals surface area contributed by atoms with Gasteiger partial charge in [-0.3, -0.25) is 9.59 Å². The summed E-state index contributed by atoms with van der Waals surface area (Å²) in [7, 11) is 0. The number of nitrogens with one attached hydrogen (secondary N) is 2. The van der Waals surface area contributed by atoms with Crippen molar-refractivity contribution in [2.24, 2.45) is 5.73 Å². The van der Waals surface area contributed by atoms with Gasteiger partial charge in [0.25, 0.3) is 11.8 Å². The molecule has 0 fully saturated rings. The Morgan fingerprint density at radius 1 is 1.07 bits per heavy atom. The van der Waals surface area contributed by atoms with Crippen LogP contribution in [0.2, 0.25) is 0 Å². The molecule has 3 aromatic heterocycles. The van der Waals surface area contributed by atoms with E-state index in [1.165, 1.54) is 35.9 Å². The molecule has 40 heavy (non-hydrogen) atoms. The van der Waals surface area contributed by atoms with Gasteiger partial charge in [-0.05, 0) is 47.7 Å². The summed E-state index contributed by atoms with van der Waals surface area (Å²) in [5, 5.41) is 17.5. The van der Waals surface area contributed by atoms with E-state index in [4.69, 9.17) is 10.5 Å². The highest BCUT2D eigenvalue weighted by Crippen LogP contribution is 2.43. The first kappa shape index (κ1) is 26.9. The topological polar surface area (TPSA) is 169 Å². The average molecular weight is 559 g/mol. The van der Waals surface area contributed by atoms with E-state index < -0.39 is 17.8 Å². The second kappa shape index (κ2) is 11.6. The maximum absolute atomic E-state index is 13.7. The molecule has 0 atom stereocenters. The van der Waals surface area contributed by atoms with Crippen LogP contribution in [0.15, 0.2) is 48.1 Å². The van der Waals surface area contributed by atoms with E-state index in [1.54, 1.807) is 12.1 Å². The van der Waals surface area contributed by atoms with Gasteiger partial charge in [-0.1, -0.05) is 6.92 Å². The minimum atomic E-state index is -1.34. The van der Waals surface area contributed by atoms with Gasteiger partial charge in [-0.2, -0.15) is 0 Å². The number of hydrogen-bond acceptors (Lipinski definition) is 9. The third-order valence-corrected chi connectivity index (χ3v) is 7.28. The van der Waals surface area contributed by atoms with Crippen molar-refractivity contribution in [1.82, 2.24) is 20.3 Å². The highest BCUT2D eigenvalue weighted by molar-refractivity contribution is 7.13. The molecule has 1 aliphatic heterocycles. The number of fused-ring (bicyclic) bond motifs is 3. The van der Waals surface area contributed by atoms with Gasteiger partial charge in [0.2, 0.25) is 0 Å². The number of anilines is 1. The second-order valence-electron chi connectivity index (χ2n) is 8.97. The molecule has 0 saturated heterocycles. The van der Waals surface area contributed by atoms with E-state index in [2.05, 4.69) is 25.6 Å². The van der Waals surface area contributed by atoms with Crippen LogP contribution in [0.25, 0.3) is 21.6 Å². The van der Waals surface area contributed by atoms with E-state index in [-0.39, 0.29) is 29.1 Å². The first-order valence-corrected chi connectivity index (χ1v) is 13.5. The molecule has 0 bridgehead atoms. The van der Waals surface area contributed by atoms with Crippen LogP contribution in [0.5, 0.6) is 5.75 Å². The monoisotopic (exact) mass is 558 g/mol. The van der Waals surface area contributed by atoms with Gasteiger partial charge in [0.15, 0.2) is 5.69 Å². The summed E-state index contributed by atoms with van der Waals surface area (Å²) in [5.41, 5.74) is 8.00. The molecular weight excluding hydrogens is 532 g/mol. The summed E-state index contributed by atoms with van der Waals surface area (Å²) in [6.07, 6.45) is 4.31. The van der Waals surface area contributed by atoms with E-state index in [1.807, 2.05) is 18.4 Å². The zero-order chi connectivity index (χ0) is 28.2. The van der Waals surface area contributed by atoms with Crippen LogP contribution in [-0.4, -0.2) is 51.0 Å². The first-order chi connectivity index (χ1) is 19.4. The number of aromatic carboxylic acids is 1. The van der Waals surface area contributed by atoms with Crippen LogP contribution in [0.4, 0.5) is 5.69 Å². The molecule has 0 radical (unpaired) electrons. The lowest BCUT2D eigenvalue weighted by molar-refractivity contribution is 0.0691. The summed E-state index contributed by atoms with van der Waals surface area (Å²) >= 11 is 1.54. The largest absolute Gasteiger partial charge is 0.493 e. The number of amides is 2. The number of carboxylic acids is 1. The first-order valence-electron chi connectivity index (χ1n) is 12.6. The summed E-state index contributed by atoms with van der Waals surface area (Å²) < 4.78 is 6.05. The fraction of sp³-hybridized carbons (Fsp3) is 0.214. The highest BCUT2D eigenvalue weighted by atomic mass is 32.1. The third kappa shape index (κ3) is 5.40. The summed E-state index contributed by atoms with van der Waals surface area (Å²) in [4.78, 5) is 51.9. The number of rotatable bonds is 8. The number of carboxylic acid groups (broad SMARTS) is 1. The molecule has 5 rings (SSSR count). The number of nitrogens with two attached hydrogens (primary N) is 1. The van der Waals surface area contributed by atoms with E-state index in [9.17, 15) is 19.5 Å². The predicted molar refractivity (Wildman–Crippen MR) is 150 cm³/mol. The van der Waals surface area contributed by atoms with Gasteiger partial charge in [0.1, 0.15) is 17.3 Å². The van der Waals surface area contributed by atoms with Crippen LogP contribution >= 0.6 is 11.3 Å². The van der Waals surface area contributed by atoms with Crippen molar-refractivity contribution in [3.63, 3.8) is 0 Å². The number of carbonyl (C=O) groups is 3. The van der Waals surface area contributed by atoms with Crippen molar-refractivity contribution in [1.29, 1.82) is 0 Å². The van der Waals surface area contributed by atoms with Crippen LogP contribution in [0.1, 0.15) is 56.1 Å². The number of hydrogen-bond donors (Lipinski definition) is 4. The number of pyridine rings is 1. The van der Waals surface area contributed by atoms with Crippen LogP contribution in [0, 0.1) is 0 Å². The Balaban J connectivity index is 1.65. The zero-order valence-corrected chi connectivity index (χ0v) is 22.4. The Morgan fingerprint density at radius 2 is 1.88 bits per heavy atom. The van der Waals surface area contributed by atoms with Gasteiger partial charge in [0.05, 0.1) is 31.2 Å². The van der Waals surface area contributed by atoms with Crippen molar-refractivity contribution in [3.05, 3.63) is 76.4 Å². The minimum absolute atomic E-state index is 0.0352. The fourth-order valence-corrected chi connectivity index (χ4v) is 5.32. The molecular formula is C28H26N6O5S. The molecule has 0 spiro atoms. The smallest absolute Gasteiger partial charge is 0.355 e. The molecule has 1 aliphatic rings. The molecule has 0 saturated carbocycles. The molecule has 4 heterocycles. The predicted octanol–water partition coefficient (Wildman–Crippen LogP) is 3.75. The lowest BCUT2D eigenvalue weighted by atomic mass is 9.93. The highest BCUT2D eigenvalue weighted by Gasteiger charge is 2.26. The van der Waals surface area contributed by atoms with Gasteiger partial charge in [-0.25, -0.2) is 19.7 Å². The average Bonchev–Trinajstić information content (AvgIpc) is 3.37. The molecule has 204 valence electrons. The lowest BCUT2D eigenvalue weighted by Gasteiger charge is -2.17. The summed E-state index contributed by atoms with van der Waals surface area (Å²) in [6, 6.07) is 8.31. The number of aromatic nitrogens is 3. The quantitative estimate of drug-likeness (QED) is 0.251. The van der Waals surface area contributed by atoms with Gasteiger partial charge >= 0.3 is 5.97 Å². The Labute approximate surface area is 233 Å². The molecule has 2 amide bonds. The maximum atomic E-state index is 13.7. The Hall–Kier alpha value is -4.68. The van der Waals surface area contributed by atoms with Gasteiger partial charge in [0, 0.05) is 40.1 Å². The molecule has 1 aromatic carbocycles. The maximum Gasteiger partial charge on any atom is 0.355 e. The molecule has 11 nitrogen and oxygen atoms in total. The number of thiophene rings is 1. The molecule has 12 heteroatoms. The normalized spacial score (nSPS) is 11.9. The Morgan fingerprint density at radius 3 is 2.60 bits per heavy atom. The number of carbonyl (C=O) groups excluding carboxylic acids is 2. The minimum Gasteiger partial charge on any atom is -0.493 e. The molecule has 5 N–H and O–H groups in total. The van der Waals surface area contributed by atoms with Gasteiger partial charge < -0.3 is 26.2 Å². The third-order valence-electron chi connectivity index (χ3n) is 6.29. The Bertz CT molecular complexity index is 1600. The van der Waals surface area contributed by atoms with Crippen molar-refractivity contribution in [2.45, 2.75) is 26.3 Å². The van der Waals surface area contributed by atoms with Gasteiger partial charge in [-0.15, -0.1) is 11.3 Å². The number of ether oxygens (including phenoxy) is 1. The summed E-state index contributed by atoms with van der Waals surface area (Å²) in [5.74, 6) is -1.39. The van der Waals surface area contributed by atoms with Crippen LogP contribution < -0.4 is 21.1 Å². The lowest BCUT2D eigenvalue weighted by Crippen LogP contribution is -2.25.